The van der Waals surface area contributed by atoms with Gasteiger partial charge < -0.3 is 9.15 Å². The summed E-state index contributed by atoms with van der Waals surface area (Å²) in [5.41, 5.74) is 1.94. The maximum atomic E-state index is 12.3. The third kappa shape index (κ3) is 3.59. The van der Waals surface area contributed by atoms with Crippen molar-refractivity contribution in [2.45, 2.75) is 6.92 Å². The topological polar surface area (TPSA) is 76.8 Å². The molecule has 0 unspecified atom stereocenters. The first kappa shape index (κ1) is 18.7. The molecule has 0 atom stereocenters. The monoisotopic (exact) mass is 383 g/mol. The molecule has 0 radical (unpaired) electrons. The number of rotatable bonds is 5. The molecule has 2 amide bonds. The van der Waals surface area contributed by atoms with Crippen molar-refractivity contribution in [1.82, 2.24) is 4.90 Å². The van der Waals surface area contributed by atoms with Gasteiger partial charge in [-0.05, 0) is 42.4 Å². The van der Waals surface area contributed by atoms with Crippen LogP contribution in [-0.2, 0) is 9.53 Å². The molecule has 2 aromatic rings. The van der Waals surface area contributed by atoms with Crippen molar-refractivity contribution in [3.8, 4) is 11.3 Å². The van der Waals surface area contributed by atoms with E-state index >= 15 is 0 Å². The largest absolute Gasteiger partial charge is 0.465 e. The fourth-order valence-electron chi connectivity index (χ4n) is 2.72. The zero-order valence-electron chi connectivity index (χ0n) is 14.9. The summed E-state index contributed by atoms with van der Waals surface area (Å²) in [6.45, 7) is 5.53. The zero-order chi connectivity index (χ0) is 19.6. The number of nitrogens with zero attached hydrogens (tertiary/aromatic N) is 1. The van der Waals surface area contributed by atoms with Gasteiger partial charge in [0.1, 0.15) is 11.5 Å². The number of esters is 1. The van der Waals surface area contributed by atoms with Crippen LogP contribution in [0.25, 0.3) is 17.4 Å². The minimum atomic E-state index is -0.419. The Bertz CT molecular complexity index is 973. The molecule has 2 heterocycles. The molecule has 6 nitrogen and oxygen atoms in total. The number of thioether (sulfide) groups is 1. The lowest BCUT2D eigenvalue weighted by Crippen LogP contribution is -2.27. The molecule has 1 aliphatic rings. The van der Waals surface area contributed by atoms with E-state index in [1.807, 2.05) is 13.0 Å². The molecular weight excluding hydrogens is 366 g/mol. The third-order valence-corrected chi connectivity index (χ3v) is 5.00. The summed E-state index contributed by atoms with van der Waals surface area (Å²) in [6, 6.07) is 8.73. The SMILES string of the molecule is C=CCN1C(=O)S/C(=C/c2ccc(-c3cccc(C(=O)OC)c3C)o2)C1=O. The van der Waals surface area contributed by atoms with Crippen molar-refractivity contribution in [3.63, 3.8) is 0 Å². The fraction of sp³-hybridized carbons (Fsp3) is 0.150. The Balaban J connectivity index is 1.90. The standard InChI is InChI=1S/C20H17NO5S/c1-4-10-21-18(22)17(27-20(21)24)11-13-8-9-16(26-13)14-6-5-7-15(12(14)2)19(23)25-3/h4-9,11H,1,10H2,2-3H3/b17-11+. The maximum absolute atomic E-state index is 12.3. The second kappa shape index (κ2) is 7.67. The van der Waals surface area contributed by atoms with Crippen LogP contribution in [0, 0.1) is 6.92 Å². The van der Waals surface area contributed by atoms with Gasteiger partial charge in [-0.1, -0.05) is 18.2 Å². The normalized spacial score (nSPS) is 15.5. The number of amides is 2. The van der Waals surface area contributed by atoms with E-state index in [0.29, 0.717) is 22.0 Å². The molecule has 0 saturated carbocycles. The molecule has 1 saturated heterocycles. The Morgan fingerprint density at radius 3 is 2.78 bits per heavy atom. The van der Waals surface area contributed by atoms with Crippen LogP contribution in [0.4, 0.5) is 4.79 Å². The first-order valence-corrected chi connectivity index (χ1v) is 8.92. The molecule has 0 bridgehead atoms. The maximum Gasteiger partial charge on any atom is 0.338 e. The summed E-state index contributed by atoms with van der Waals surface area (Å²) in [5, 5.41) is -0.334. The second-order valence-corrected chi connectivity index (χ2v) is 6.75. The lowest BCUT2D eigenvalue weighted by molar-refractivity contribution is -0.122. The minimum absolute atomic E-state index is 0.172. The summed E-state index contributed by atoms with van der Waals surface area (Å²) < 4.78 is 10.6. The van der Waals surface area contributed by atoms with Crippen molar-refractivity contribution in [2.24, 2.45) is 0 Å². The number of hydrogen-bond acceptors (Lipinski definition) is 6. The fourth-order valence-corrected chi connectivity index (χ4v) is 3.55. The highest BCUT2D eigenvalue weighted by Gasteiger charge is 2.34. The van der Waals surface area contributed by atoms with Gasteiger partial charge in [0.25, 0.3) is 11.1 Å². The third-order valence-electron chi connectivity index (χ3n) is 4.09. The van der Waals surface area contributed by atoms with E-state index < -0.39 is 5.97 Å². The highest BCUT2D eigenvalue weighted by atomic mass is 32.2. The molecule has 1 aliphatic heterocycles. The summed E-state index contributed by atoms with van der Waals surface area (Å²) in [7, 11) is 1.33. The lowest BCUT2D eigenvalue weighted by Gasteiger charge is -2.08. The molecular formula is C20H17NO5S. The summed E-state index contributed by atoms with van der Waals surface area (Å²) in [4.78, 5) is 37.4. The molecule has 1 fully saturated rings. The Morgan fingerprint density at radius 2 is 2.07 bits per heavy atom. The second-order valence-electron chi connectivity index (χ2n) is 5.75. The van der Waals surface area contributed by atoms with Gasteiger partial charge in [0.05, 0.1) is 17.6 Å². The number of benzene rings is 1. The molecule has 1 aromatic carbocycles. The molecule has 3 rings (SSSR count). The van der Waals surface area contributed by atoms with Gasteiger partial charge in [-0.3, -0.25) is 14.5 Å². The average molecular weight is 383 g/mol. The van der Waals surface area contributed by atoms with Crippen LogP contribution >= 0.6 is 11.8 Å². The quantitative estimate of drug-likeness (QED) is 0.436. The zero-order valence-corrected chi connectivity index (χ0v) is 15.7. The highest BCUT2D eigenvalue weighted by Crippen LogP contribution is 2.34. The number of furan rings is 1. The Kier molecular flexibility index (Phi) is 5.32. The van der Waals surface area contributed by atoms with Crippen molar-refractivity contribution >= 4 is 35.0 Å². The lowest BCUT2D eigenvalue weighted by atomic mass is 10.0. The van der Waals surface area contributed by atoms with Gasteiger partial charge in [-0.15, -0.1) is 6.58 Å². The van der Waals surface area contributed by atoms with Crippen LogP contribution in [0.3, 0.4) is 0 Å². The molecule has 0 aliphatic carbocycles. The van der Waals surface area contributed by atoms with Gasteiger partial charge in [0.2, 0.25) is 0 Å². The molecule has 0 N–H and O–H groups in total. The number of methoxy groups -OCH3 is 1. The molecule has 0 spiro atoms. The smallest absolute Gasteiger partial charge is 0.338 e. The number of carbonyl (C=O) groups is 3. The van der Waals surface area contributed by atoms with E-state index in [0.717, 1.165) is 27.8 Å². The number of ether oxygens (including phenoxy) is 1. The Labute approximate surface area is 160 Å². The van der Waals surface area contributed by atoms with E-state index in [1.54, 1.807) is 24.3 Å². The molecule has 27 heavy (non-hydrogen) atoms. The van der Waals surface area contributed by atoms with Crippen molar-refractivity contribution in [2.75, 3.05) is 13.7 Å². The van der Waals surface area contributed by atoms with Crippen molar-refractivity contribution in [3.05, 3.63) is 64.8 Å². The predicted molar refractivity (Wildman–Crippen MR) is 103 cm³/mol. The molecule has 7 heteroatoms. The molecule has 1 aromatic heterocycles. The summed E-state index contributed by atoms with van der Waals surface area (Å²) >= 11 is 0.864. The van der Waals surface area contributed by atoms with E-state index in [1.165, 1.54) is 19.3 Å². The van der Waals surface area contributed by atoms with Crippen LogP contribution in [0.2, 0.25) is 0 Å². The van der Waals surface area contributed by atoms with Crippen LogP contribution in [0.5, 0.6) is 0 Å². The Morgan fingerprint density at radius 1 is 1.30 bits per heavy atom. The first-order chi connectivity index (χ1) is 13.0. The van der Waals surface area contributed by atoms with E-state index in [-0.39, 0.29) is 17.7 Å². The van der Waals surface area contributed by atoms with E-state index in [4.69, 9.17) is 9.15 Å². The summed E-state index contributed by atoms with van der Waals surface area (Å²) in [5.74, 6) is 0.204. The van der Waals surface area contributed by atoms with Crippen molar-refractivity contribution < 1.29 is 23.5 Å². The van der Waals surface area contributed by atoms with E-state index in [9.17, 15) is 14.4 Å². The van der Waals surface area contributed by atoms with E-state index in [2.05, 4.69) is 6.58 Å². The van der Waals surface area contributed by atoms with Crippen LogP contribution in [-0.4, -0.2) is 35.7 Å². The van der Waals surface area contributed by atoms with Crippen LogP contribution in [0.15, 0.2) is 52.3 Å². The van der Waals surface area contributed by atoms with Crippen LogP contribution < -0.4 is 0 Å². The summed E-state index contributed by atoms with van der Waals surface area (Å²) in [6.07, 6.45) is 3.04. The number of carbonyl (C=O) groups excluding carboxylic acids is 3. The predicted octanol–water partition coefficient (Wildman–Crippen LogP) is 4.26. The van der Waals surface area contributed by atoms with Crippen molar-refractivity contribution in [1.29, 1.82) is 0 Å². The van der Waals surface area contributed by atoms with Gasteiger partial charge in [0, 0.05) is 18.2 Å². The van der Waals surface area contributed by atoms with Gasteiger partial charge in [-0.25, -0.2) is 4.79 Å². The highest BCUT2D eigenvalue weighted by molar-refractivity contribution is 8.18. The first-order valence-electron chi connectivity index (χ1n) is 8.10. The number of hydrogen-bond donors (Lipinski definition) is 0. The van der Waals surface area contributed by atoms with Gasteiger partial charge >= 0.3 is 5.97 Å². The van der Waals surface area contributed by atoms with Crippen LogP contribution in [0.1, 0.15) is 21.7 Å². The number of imide groups is 1. The van der Waals surface area contributed by atoms with Gasteiger partial charge in [-0.2, -0.15) is 0 Å². The Hall–Kier alpha value is -3.06. The van der Waals surface area contributed by atoms with Gasteiger partial charge in [0.15, 0.2) is 0 Å². The molecule has 138 valence electrons. The minimum Gasteiger partial charge on any atom is -0.465 e. The average Bonchev–Trinajstić information content (AvgIpc) is 3.22.